The van der Waals surface area contributed by atoms with Crippen molar-refractivity contribution in [2.45, 2.75) is 38.8 Å². The van der Waals surface area contributed by atoms with Gasteiger partial charge in [0, 0.05) is 39.3 Å². The summed E-state index contributed by atoms with van der Waals surface area (Å²) in [6.45, 7) is 12.5. The van der Waals surface area contributed by atoms with Crippen LogP contribution in [-0.4, -0.2) is 75.6 Å². The molecule has 1 aromatic rings. The number of nitrogens with zero attached hydrogens (tertiary/aromatic N) is 2. The van der Waals surface area contributed by atoms with E-state index in [4.69, 9.17) is 19.2 Å². The number of aliphatic imine (C=N–C) groups is 1. The number of guanidine groups is 1. The zero-order chi connectivity index (χ0) is 20.4. The van der Waals surface area contributed by atoms with E-state index in [1.54, 1.807) is 0 Å². The van der Waals surface area contributed by atoms with Crippen molar-refractivity contribution in [2.75, 3.05) is 59.2 Å². The Morgan fingerprint density at radius 1 is 1.24 bits per heavy atom. The molecule has 0 radical (unpaired) electrons. The summed E-state index contributed by atoms with van der Waals surface area (Å²) in [6.07, 6.45) is 2.22. The minimum absolute atomic E-state index is 0.0928. The Morgan fingerprint density at radius 3 is 2.86 bits per heavy atom. The van der Waals surface area contributed by atoms with E-state index < -0.39 is 0 Å². The molecule has 2 saturated heterocycles. The van der Waals surface area contributed by atoms with Crippen LogP contribution in [0.25, 0.3) is 0 Å². The lowest BCUT2D eigenvalue weighted by Crippen LogP contribution is -2.45. The van der Waals surface area contributed by atoms with Crippen LogP contribution < -0.4 is 15.4 Å². The van der Waals surface area contributed by atoms with Crippen molar-refractivity contribution < 1.29 is 14.2 Å². The highest BCUT2D eigenvalue weighted by Crippen LogP contribution is 2.23. The first-order valence-corrected chi connectivity index (χ1v) is 10.8. The Morgan fingerprint density at radius 2 is 2.10 bits per heavy atom. The Hall–Kier alpha value is -1.83. The van der Waals surface area contributed by atoms with E-state index in [1.165, 1.54) is 0 Å². The first-order valence-electron chi connectivity index (χ1n) is 10.8. The second-order valence-electron chi connectivity index (χ2n) is 7.90. The molecule has 162 valence electrons. The predicted octanol–water partition coefficient (Wildman–Crippen LogP) is 2.02. The molecule has 2 heterocycles. The zero-order valence-corrected chi connectivity index (χ0v) is 17.9. The molecule has 0 amide bonds. The quantitative estimate of drug-likeness (QED) is 0.485. The van der Waals surface area contributed by atoms with E-state index >= 15 is 0 Å². The van der Waals surface area contributed by atoms with Gasteiger partial charge in [-0.15, -0.1) is 0 Å². The fourth-order valence-electron chi connectivity index (χ4n) is 3.61. The van der Waals surface area contributed by atoms with Crippen LogP contribution >= 0.6 is 0 Å². The minimum Gasteiger partial charge on any atom is -0.492 e. The molecule has 0 aromatic heterocycles. The molecule has 1 unspecified atom stereocenters. The number of benzene rings is 1. The summed E-state index contributed by atoms with van der Waals surface area (Å²) in [5, 5.41) is 6.74. The summed E-state index contributed by atoms with van der Waals surface area (Å²) in [6, 6.07) is 8.20. The summed E-state index contributed by atoms with van der Waals surface area (Å²) in [4.78, 5) is 7.11. The summed E-state index contributed by atoms with van der Waals surface area (Å²) in [7, 11) is 0. The number of rotatable bonds is 9. The molecule has 1 atom stereocenters. The van der Waals surface area contributed by atoms with E-state index in [0.29, 0.717) is 13.2 Å². The average Bonchev–Trinajstić information content (AvgIpc) is 3.18. The van der Waals surface area contributed by atoms with Gasteiger partial charge in [-0.2, -0.15) is 0 Å². The van der Waals surface area contributed by atoms with Crippen molar-refractivity contribution >= 4 is 5.96 Å². The van der Waals surface area contributed by atoms with Gasteiger partial charge in [0.05, 0.1) is 25.4 Å². The number of morpholine rings is 1. The standard InChI is InChI=1S/C22H36N4O3/c1-3-23-21(25-18-22(2)8-5-12-29-22)24-17-19-6-4-7-20(16-19)28-15-11-26-9-13-27-14-10-26/h4,6-7,16H,3,5,8-15,17-18H2,1-2H3,(H2,23,24,25). The fourth-order valence-corrected chi connectivity index (χ4v) is 3.61. The summed E-state index contributed by atoms with van der Waals surface area (Å²) >= 11 is 0. The van der Waals surface area contributed by atoms with Crippen LogP contribution in [-0.2, 0) is 16.0 Å². The average molecular weight is 405 g/mol. The van der Waals surface area contributed by atoms with Gasteiger partial charge in [0.15, 0.2) is 5.96 Å². The molecule has 0 bridgehead atoms. The van der Waals surface area contributed by atoms with Crippen molar-refractivity contribution in [3.05, 3.63) is 29.8 Å². The molecule has 2 fully saturated rings. The van der Waals surface area contributed by atoms with Gasteiger partial charge in [-0.3, -0.25) is 4.90 Å². The molecule has 2 N–H and O–H groups in total. The van der Waals surface area contributed by atoms with Gasteiger partial charge in [0.1, 0.15) is 12.4 Å². The number of hydrogen-bond acceptors (Lipinski definition) is 5. The van der Waals surface area contributed by atoms with Crippen molar-refractivity contribution in [1.82, 2.24) is 15.5 Å². The van der Waals surface area contributed by atoms with Gasteiger partial charge in [-0.05, 0) is 44.4 Å². The largest absolute Gasteiger partial charge is 0.492 e. The maximum Gasteiger partial charge on any atom is 0.191 e. The van der Waals surface area contributed by atoms with Crippen molar-refractivity contribution in [3.8, 4) is 5.75 Å². The van der Waals surface area contributed by atoms with Crippen LogP contribution in [0.15, 0.2) is 29.3 Å². The second-order valence-corrected chi connectivity index (χ2v) is 7.90. The van der Waals surface area contributed by atoms with E-state index in [2.05, 4.69) is 41.5 Å². The number of nitrogens with one attached hydrogen (secondary N) is 2. The normalized spacial score (nSPS) is 23.2. The van der Waals surface area contributed by atoms with Gasteiger partial charge in [0.25, 0.3) is 0 Å². The van der Waals surface area contributed by atoms with Gasteiger partial charge in [0.2, 0.25) is 0 Å². The highest BCUT2D eigenvalue weighted by atomic mass is 16.5. The minimum atomic E-state index is -0.0928. The summed E-state index contributed by atoms with van der Waals surface area (Å²) in [5.74, 6) is 1.72. The maximum absolute atomic E-state index is 5.95. The van der Waals surface area contributed by atoms with Crippen LogP contribution in [0.1, 0.15) is 32.3 Å². The van der Waals surface area contributed by atoms with Crippen LogP contribution in [0, 0.1) is 0 Å². The second kappa shape index (κ2) is 11.4. The van der Waals surface area contributed by atoms with Crippen molar-refractivity contribution in [1.29, 1.82) is 0 Å². The van der Waals surface area contributed by atoms with Gasteiger partial charge < -0.3 is 24.8 Å². The molecule has 2 aliphatic rings. The first-order chi connectivity index (χ1) is 14.2. The molecule has 0 saturated carbocycles. The third kappa shape index (κ3) is 7.49. The topological polar surface area (TPSA) is 67.4 Å². The third-order valence-corrected chi connectivity index (χ3v) is 5.37. The highest BCUT2D eigenvalue weighted by molar-refractivity contribution is 5.79. The molecule has 3 rings (SSSR count). The van der Waals surface area contributed by atoms with E-state index in [1.807, 2.05) is 12.1 Å². The van der Waals surface area contributed by atoms with E-state index in [0.717, 1.165) is 82.7 Å². The Labute approximate surface area is 174 Å². The van der Waals surface area contributed by atoms with Crippen LogP contribution in [0.5, 0.6) is 5.75 Å². The predicted molar refractivity (Wildman–Crippen MR) is 116 cm³/mol. The van der Waals surface area contributed by atoms with E-state index in [9.17, 15) is 0 Å². The molecular weight excluding hydrogens is 368 g/mol. The lowest BCUT2D eigenvalue weighted by atomic mass is 10.0. The molecule has 2 aliphatic heterocycles. The molecule has 7 nitrogen and oxygen atoms in total. The summed E-state index contributed by atoms with van der Waals surface area (Å²) in [5.41, 5.74) is 1.04. The maximum atomic E-state index is 5.95. The number of ether oxygens (including phenoxy) is 3. The fraction of sp³-hybridized carbons (Fsp3) is 0.682. The number of hydrogen-bond donors (Lipinski definition) is 2. The highest BCUT2D eigenvalue weighted by Gasteiger charge is 2.29. The van der Waals surface area contributed by atoms with Gasteiger partial charge in [-0.25, -0.2) is 4.99 Å². The summed E-state index contributed by atoms with van der Waals surface area (Å²) < 4.78 is 17.2. The Bertz CT molecular complexity index is 641. The molecule has 29 heavy (non-hydrogen) atoms. The lowest BCUT2D eigenvalue weighted by Gasteiger charge is -2.26. The Balaban J connectivity index is 1.47. The third-order valence-electron chi connectivity index (χ3n) is 5.37. The van der Waals surface area contributed by atoms with Crippen LogP contribution in [0.2, 0.25) is 0 Å². The smallest absolute Gasteiger partial charge is 0.191 e. The van der Waals surface area contributed by atoms with Crippen LogP contribution in [0.3, 0.4) is 0 Å². The molecular formula is C22H36N4O3. The zero-order valence-electron chi connectivity index (χ0n) is 17.9. The molecule has 7 heteroatoms. The Kier molecular flexibility index (Phi) is 8.58. The first kappa shape index (κ1) is 21.9. The van der Waals surface area contributed by atoms with Crippen molar-refractivity contribution in [2.24, 2.45) is 4.99 Å². The molecule has 0 spiro atoms. The molecule has 0 aliphatic carbocycles. The van der Waals surface area contributed by atoms with Gasteiger partial charge >= 0.3 is 0 Å². The molecule has 1 aromatic carbocycles. The van der Waals surface area contributed by atoms with Crippen LogP contribution in [0.4, 0.5) is 0 Å². The SMILES string of the molecule is CCNC(=NCc1cccc(OCCN2CCOCC2)c1)NCC1(C)CCCO1. The monoisotopic (exact) mass is 404 g/mol. The van der Waals surface area contributed by atoms with E-state index in [-0.39, 0.29) is 5.60 Å². The van der Waals surface area contributed by atoms with Crippen molar-refractivity contribution in [3.63, 3.8) is 0 Å². The lowest BCUT2D eigenvalue weighted by molar-refractivity contribution is 0.0243. The van der Waals surface area contributed by atoms with Gasteiger partial charge in [-0.1, -0.05) is 12.1 Å².